The molecule has 0 saturated carbocycles. The zero-order valence-corrected chi connectivity index (χ0v) is 11.2. The van der Waals surface area contributed by atoms with E-state index in [1.165, 1.54) is 17.7 Å². The van der Waals surface area contributed by atoms with Crippen LogP contribution in [-0.2, 0) is 6.42 Å². The van der Waals surface area contributed by atoms with Crippen LogP contribution in [0, 0.1) is 5.41 Å². The van der Waals surface area contributed by atoms with Gasteiger partial charge in [-0.25, -0.2) is 0 Å². The Morgan fingerprint density at radius 3 is 2.67 bits per heavy atom. The van der Waals surface area contributed by atoms with E-state index in [4.69, 9.17) is 0 Å². The summed E-state index contributed by atoms with van der Waals surface area (Å²) in [6, 6.07) is 4.97. The van der Waals surface area contributed by atoms with Crippen molar-refractivity contribution in [2.24, 2.45) is 5.41 Å². The molecule has 15 heavy (non-hydrogen) atoms. The highest BCUT2D eigenvalue weighted by Crippen LogP contribution is 2.27. The zero-order valence-electron chi connectivity index (χ0n) is 10.3. The van der Waals surface area contributed by atoms with Gasteiger partial charge in [-0.05, 0) is 29.7 Å². The van der Waals surface area contributed by atoms with Gasteiger partial charge in [0, 0.05) is 17.5 Å². The van der Waals surface area contributed by atoms with Crippen molar-refractivity contribution in [1.29, 1.82) is 0 Å². The first-order valence-electron chi connectivity index (χ1n) is 5.81. The minimum absolute atomic E-state index is 0.398. The van der Waals surface area contributed by atoms with Gasteiger partial charge in [0.25, 0.3) is 0 Å². The highest BCUT2D eigenvalue weighted by molar-refractivity contribution is 7.09. The van der Waals surface area contributed by atoms with Crippen LogP contribution in [0.4, 0.5) is 0 Å². The Labute approximate surface area is 97.9 Å². The molecule has 0 radical (unpaired) electrons. The fraction of sp³-hybridized carbons (Fsp3) is 0.692. The van der Waals surface area contributed by atoms with E-state index in [1.807, 2.05) is 11.3 Å². The molecular formula is C13H23NS. The van der Waals surface area contributed by atoms with Crippen molar-refractivity contribution in [3.8, 4) is 0 Å². The largest absolute Gasteiger partial charge is 0.314 e. The van der Waals surface area contributed by atoms with E-state index < -0.39 is 0 Å². The van der Waals surface area contributed by atoms with Crippen LogP contribution < -0.4 is 5.32 Å². The molecule has 1 aromatic heterocycles. The maximum Gasteiger partial charge on any atom is 0.00511 e. The Bertz CT molecular complexity index is 266. The molecule has 0 saturated heterocycles. The molecule has 0 spiro atoms. The van der Waals surface area contributed by atoms with Crippen molar-refractivity contribution >= 4 is 11.3 Å². The lowest BCUT2D eigenvalue weighted by Gasteiger charge is -2.29. The molecule has 1 rings (SSSR count). The average molecular weight is 225 g/mol. The second kappa shape index (κ2) is 5.66. The number of rotatable bonds is 6. The van der Waals surface area contributed by atoms with Gasteiger partial charge in [0.15, 0.2) is 0 Å². The molecule has 0 aliphatic heterocycles. The van der Waals surface area contributed by atoms with E-state index in [9.17, 15) is 0 Å². The minimum atomic E-state index is 0.398. The third-order valence-electron chi connectivity index (χ3n) is 2.97. The van der Waals surface area contributed by atoms with E-state index in [0.717, 1.165) is 6.54 Å². The Morgan fingerprint density at radius 2 is 2.20 bits per heavy atom. The molecule has 0 aromatic carbocycles. The molecule has 0 amide bonds. The van der Waals surface area contributed by atoms with Crippen LogP contribution in [0.5, 0.6) is 0 Å². The number of hydrogen-bond acceptors (Lipinski definition) is 2. The second-order valence-corrected chi connectivity index (χ2v) is 5.99. The Hall–Kier alpha value is -0.340. The first-order chi connectivity index (χ1) is 7.06. The summed E-state index contributed by atoms with van der Waals surface area (Å²) < 4.78 is 0. The van der Waals surface area contributed by atoms with Crippen LogP contribution in [0.1, 0.15) is 39.0 Å². The van der Waals surface area contributed by atoms with Crippen molar-refractivity contribution in [2.75, 3.05) is 6.54 Å². The third kappa shape index (κ3) is 4.35. The summed E-state index contributed by atoms with van der Waals surface area (Å²) >= 11 is 1.87. The van der Waals surface area contributed by atoms with Crippen LogP contribution in [0.15, 0.2) is 17.5 Å². The molecule has 0 fully saturated rings. The summed E-state index contributed by atoms with van der Waals surface area (Å²) in [7, 11) is 0. The van der Waals surface area contributed by atoms with Crippen LogP contribution in [0.3, 0.4) is 0 Å². The summed E-state index contributed by atoms with van der Waals surface area (Å²) in [5.74, 6) is 0. The molecule has 1 nitrogen and oxygen atoms in total. The molecule has 1 heterocycles. The lowest BCUT2D eigenvalue weighted by atomic mass is 9.83. The summed E-state index contributed by atoms with van der Waals surface area (Å²) in [5.41, 5.74) is 0.398. The molecule has 0 aliphatic rings. The molecule has 86 valence electrons. The third-order valence-corrected chi connectivity index (χ3v) is 3.85. The summed E-state index contributed by atoms with van der Waals surface area (Å²) in [5, 5.41) is 5.72. The van der Waals surface area contributed by atoms with Crippen molar-refractivity contribution < 1.29 is 0 Å². The van der Waals surface area contributed by atoms with Crippen LogP contribution >= 0.6 is 11.3 Å². The minimum Gasteiger partial charge on any atom is -0.314 e. The number of nitrogens with one attached hydrogen (secondary N) is 1. The van der Waals surface area contributed by atoms with Gasteiger partial charge < -0.3 is 5.32 Å². The SMILES string of the molecule is CCC(C)(CNC(C)C)Cc1cccs1. The van der Waals surface area contributed by atoms with Crippen molar-refractivity contribution in [2.45, 2.75) is 46.6 Å². The van der Waals surface area contributed by atoms with E-state index in [-0.39, 0.29) is 0 Å². The molecule has 2 heteroatoms. The predicted octanol–water partition coefficient (Wildman–Crippen LogP) is 3.70. The smallest absolute Gasteiger partial charge is 0.00511 e. The van der Waals surface area contributed by atoms with Gasteiger partial charge in [0.05, 0.1) is 0 Å². The van der Waals surface area contributed by atoms with Gasteiger partial charge in [0.1, 0.15) is 0 Å². The second-order valence-electron chi connectivity index (χ2n) is 4.96. The van der Waals surface area contributed by atoms with Gasteiger partial charge >= 0.3 is 0 Å². The zero-order chi connectivity index (χ0) is 11.3. The molecule has 1 N–H and O–H groups in total. The van der Waals surface area contributed by atoms with Gasteiger partial charge in [-0.2, -0.15) is 0 Å². The monoisotopic (exact) mass is 225 g/mol. The van der Waals surface area contributed by atoms with Gasteiger partial charge in [0.2, 0.25) is 0 Å². The van der Waals surface area contributed by atoms with Gasteiger partial charge in [-0.1, -0.05) is 33.8 Å². The summed E-state index contributed by atoms with van der Waals surface area (Å²) in [4.78, 5) is 1.50. The number of thiophene rings is 1. The molecule has 0 bridgehead atoms. The fourth-order valence-corrected chi connectivity index (χ4v) is 2.52. The van der Waals surface area contributed by atoms with Crippen molar-refractivity contribution in [3.63, 3.8) is 0 Å². The molecule has 1 unspecified atom stereocenters. The van der Waals surface area contributed by atoms with E-state index >= 15 is 0 Å². The van der Waals surface area contributed by atoms with Crippen LogP contribution in [-0.4, -0.2) is 12.6 Å². The maximum atomic E-state index is 3.55. The lowest BCUT2D eigenvalue weighted by Crippen LogP contribution is -2.36. The maximum absolute atomic E-state index is 3.55. The molecule has 1 aromatic rings. The molecular weight excluding hydrogens is 202 g/mol. The normalized spacial score (nSPS) is 15.5. The topological polar surface area (TPSA) is 12.0 Å². The van der Waals surface area contributed by atoms with Crippen LogP contribution in [0.25, 0.3) is 0 Å². The van der Waals surface area contributed by atoms with Crippen molar-refractivity contribution in [3.05, 3.63) is 22.4 Å². The molecule has 0 aliphatic carbocycles. The van der Waals surface area contributed by atoms with E-state index in [1.54, 1.807) is 0 Å². The Morgan fingerprint density at radius 1 is 1.47 bits per heavy atom. The summed E-state index contributed by atoms with van der Waals surface area (Å²) in [6.45, 7) is 10.2. The first-order valence-corrected chi connectivity index (χ1v) is 6.69. The van der Waals surface area contributed by atoms with E-state index in [2.05, 4.69) is 50.5 Å². The average Bonchev–Trinajstić information content (AvgIpc) is 2.67. The van der Waals surface area contributed by atoms with Gasteiger partial charge in [-0.3, -0.25) is 0 Å². The Kier molecular flexibility index (Phi) is 4.81. The molecule has 1 atom stereocenters. The highest BCUT2D eigenvalue weighted by Gasteiger charge is 2.22. The highest BCUT2D eigenvalue weighted by atomic mass is 32.1. The summed E-state index contributed by atoms with van der Waals surface area (Å²) in [6.07, 6.45) is 2.42. The van der Waals surface area contributed by atoms with E-state index in [0.29, 0.717) is 11.5 Å². The van der Waals surface area contributed by atoms with Crippen LogP contribution in [0.2, 0.25) is 0 Å². The first kappa shape index (κ1) is 12.7. The Balaban J connectivity index is 2.52. The fourth-order valence-electron chi connectivity index (χ4n) is 1.60. The van der Waals surface area contributed by atoms with Crippen molar-refractivity contribution in [1.82, 2.24) is 5.32 Å². The standard InChI is InChI=1S/C13H23NS/c1-5-13(4,10-14-11(2)3)9-12-7-6-8-15-12/h6-8,11,14H,5,9-10H2,1-4H3. The van der Waals surface area contributed by atoms with Gasteiger partial charge in [-0.15, -0.1) is 11.3 Å². The predicted molar refractivity (Wildman–Crippen MR) is 69.6 cm³/mol. The number of hydrogen-bond donors (Lipinski definition) is 1. The quantitative estimate of drug-likeness (QED) is 0.778. The lowest BCUT2D eigenvalue weighted by molar-refractivity contribution is 0.283.